The van der Waals surface area contributed by atoms with Gasteiger partial charge >= 0.3 is 0 Å². The molecule has 0 saturated carbocycles. The van der Waals surface area contributed by atoms with Gasteiger partial charge in [0.25, 0.3) is 0 Å². The molecule has 0 unspecified atom stereocenters. The largest absolute Gasteiger partial charge is 0.351 e. The zero-order valence-corrected chi connectivity index (χ0v) is 12.7. The number of nitrogens with one attached hydrogen (secondary N) is 1. The number of thioether (sulfide) groups is 1. The quantitative estimate of drug-likeness (QED) is 0.841. The van der Waals surface area contributed by atoms with Crippen LogP contribution in [0.3, 0.4) is 0 Å². The van der Waals surface area contributed by atoms with Crippen LogP contribution in [0.25, 0.3) is 0 Å². The van der Waals surface area contributed by atoms with Crippen molar-refractivity contribution < 1.29 is 4.79 Å². The van der Waals surface area contributed by atoms with Gasteiger partial charge in [0, 0.05) is 16.5 Å². The number of amides is 1. The van der Waals surface area contributed by atoms with Crippen LogP contribution in [-0.2, 0) is 11.3 Å². The highest BCUT2D eigenvalue weighted by Crippen LogP contribution is 2.22. The molecule has 0 radical (unpaired) electrons. The van der Waals surface area contributed by atoms with Crippen LogP contribution in [-0.4, -0.2) is 11.2 Å². The maximum Gasteiger partial charge on any atom is 0.233 e. The van der Waals surface area contributed by atoms with Gasteiger partial charge in [-0.05, 0) is 36.8 Å². The molecule has 20 heavy (non-hydrogen) atoms. The number of benzene rings is 2. The molecule has 0 aliphatic heterocycles. The molecule has 0 fully saturated rings. The summed E-state index contributed by atoms with van der Waals surface area (Å²) in [4.78, 5) is 13.1. The summed E-state index contributed by atoms with van der Waals surface area (Å²) in [5.74, 6) is 0.0359. The van der Waals surface area contributed by atoms with E-state index in [9.17, 15) is 4.79 Å². The predicted molar refractivity (Wildman–Crippen MR) is 85.1 cm³/mol. The Morgan fingerprint density at radius 3 is 2.45 bits per heavy atom. The molecule has 1 amide bonds. The third-order valence-electron chi connectivity index (χ3n) is 2.81. The lowest BCUT2D eigenvalue weighted by molar-refractivity contribution is -0.120. The number of carbonyl (C=O) groups excluding carboxylic acids is 1. The highest BCUT2D eigenvalue weighted by molar-refractivity contribution is 8.00. The molecule has 0 aliphatic carbocycles. The number of halogens is 1. The van der Waals surface area contributed by atoms with Crippen molar-refractivity contribution >= 4 is 29.3 Å². The average molecular weight is 306 g/mol. The normalized spacial score (nSPS) is 11.9. The Bertz CT molecular complexity index is 556. The van der Waals surface area contributed by atoms with Gasteiger partial charge in [-0.3, -0.25) is 4.79 Å². The zero-order chi connectivity index (χ0) is 14.4. The lowest BCUT2D eigenvalue weighted by Crippen LogP contribution is -2.30. The Balaban J connectivity index is 1.83. The molecule has 0 aliphatic rings. The van der Waals surface area contributed by atoms with Crippen LogP contribution in [0.1, 0.15) is 12.5 Å². The van der Waals surface area contributed by atoms with Crippen LogP contribution in [0.15, 0.2) is 59.5 Å². The van der Waals surface area contributed by atoms with E-state index < -0.39 is 0 Å². The van der Waals surface area contributed by atoms with Crippen LogP contribution in [0, 0.1) is 0 Å². The topological polar surface area (TPSA) is 29.1 Å². The van der Waals surface area contributed by atoms with Crippen molar-refractivity contribution in [3.05, 3.63) is 65.2 Å². The fraction of sp³-hybridized carbons (Fsp3) is 0.188. The van der Waals surface area contributed by atoms with E-state index in [1.54, 1.807) is 11.8 Å². The summed E-state index contributed by atoms with van der Waals surface area (Å²) in [6.07, 6.45) is 0. The third kappa shape index (κ3) is 4.58. The monoisotopic (exact) mass is 305 g/mol. The van der Waals surface area contributed by atoms with Gasteiger partial charge < -0.3 is 5.32 Å². The number of hydrogen-bond donors (Lipinski definition) is 1. The average Bonchev–Trinajstić information content (AvgIpc) is 2.47. The van der Waals surface area contributed by atoms with Gasteiger partial charge in [0.15, 0.2) is 0 Å². The Hall–Kier alpha value is -1.45. The number of hydrogen-bond acceptors (Lipinski definition) is 2. The van der Waals surface area contributed by atoms with E-state index in [4.69, 9.17) is 11.6 Å². The molecular formula is C16H16ClNOS. The van der Waals surface area contributed by atoms with Gasteiger partial charge in [-0.1, -0.05) is 41.9 Å². The minimum atomic E-state index is -0.121. The van der Waals surface area contributed by atoms with E-state index in [0.29, 0.717) is 11.6 Å². The van der Waals surface area contributed by atoms with Gasteiger partial charge in [0.2, 0.25) is 5.91 Å². The first kappa shape index (κ1) is 14.9. The molecule has 4 heteroatoms. The van der Waals surface area contributed by atoms with Crippen LogP contribution >= 0.6 is 23.4 Å². The molecule has 1 N–H and O–H groups in total. The Labute approximate surface area is 128 Å². The van der Waals surface area contributed by atoms with E-state index in [1.165, 1.54) is 0 Å². The van der Waals surface area contributed by atoms with Crippen LogP contribution < -0.4 is 5.32 Å². The standard InChI is InChI=1S/C16H16ClNOS/c1-12(20-15-5-3-2-4-6-15)16(19)18-11-13-7-9-14(17)10-8-13/h2-10,12H,11H2,1H3,(H,18,19)/t12-/m1/s1. The summed E-state index contributed by atoms with van der Waals surface area (Å²) in [7, 11) is 0. The van der Waals surface area contributed by atoms with Gasteiger partial charge in [-0.25, -0.2) is 0 Å². The molecule has 2 aromatic rings. The molecule has 2 nitrogen and oxygen atoms in total. The summed E-state index contributed by atoms with van der Waals surface area (Å²) in [6, 6.07) is 17.4. The van der Waals surface area contributed by atoms with Crippen molar-refractivity contribution in [2.24, 2.45) is 0 Å². The maximum absolute atomic E-state index is 12.0. The summed E-state index contributed by atoms with van der Waals surface area (Å²) in [5, 5.41) is 3.52. The van der Waals surface area contributed by atoms with E-state index >= 15 is 0 Å². The first-order chi connectivity index (χ1) is 9.65. The van der Waals surface area contributed by atoms with Gasteiger partial charge in [0.05, 0.1) is 5.25 Å². The maximum atomic E-state index is 12.0. The van der Waals surface area contributed by atoms with Crippen LogP contribution in [0.5, 0.6) is 0 Å². The molecule has 0 heterocycles. The van der Waals surface area contributed by atoms with Crippen molar-refractivity contribution in [2.75, 3.05) is 0 Å². The molecule has 2 aromatic carbocycles. The number of carbonyl (C=O) groups is 1. The first-order valence-electron chi connectivity index (χ1n) is 6.39. The Kier molecular flexibility index (Phi) is 5.50. The molecule has 2 rings (SSSR count). The highest BCUT2D eigenvalue weighted by Gasteiger charge is 2.13. The Morgan fingerprint density at radius 2 is 1.80 bits per heavy atom. The molecule has 0 saturated heterocycles. The summed E-state index contributed by atoms with van der Waals surface area (Å²) in [6.45, 7) is 2.44. The molecular weight excluding hydrogens is 290 g/mol. The molecule has 104 valence electrons. The van der Waals surface area contributed by atoms with Gasteiger partial charge in [0.1, 0.15) is 0 Å². The molecule has 0 spiro atoms. The zero-order valence-electron chi connectivity index (χ0n) is 11.2. The molecule has 1 atom stereocenters. The van der Waals surface area contributed by atoms with E-state index in [2.05, 4.69) is 5.32 Å². The lowest BCUT2D eigenvalue weighted by Gasteiger charge is -2.12. The fourth-order valence-corrected chi connectivity index (χ4v) is 2.73. The van der Waals surface area contributed by atoms with Crippen LogP contribution in [0.4, 0.5) is 0 Å². The minimum Gasteiger partial charge on any atom is -0.351 e. The second-order valence-electron chi connectivity index (χ2n) is 4.42. The predicted octanol–water partition coefficient (Wildman–Crippen LogP) is 4.14. The fourth-order valence-electron chi connectivity index (χ4n) is 1.69. The molecule has 0 bridgehead atoms. The van der Waals surface area contributed by atoms with Crippen molar-refractivity contribution in [1.29, 1.82) is 0 Å². The van der Waals surface area contributed by atoms with Crippen molar-refractivity contribution in [3.63, 3.8) is 0 Å². The SMILES string of the molecule is C[C@@H](Sc1ccccc1)C(=O)NCc1ccc(Cl)cc1. The van der Waals surface area contributed by atoms with E-state index in [-0.39, 0.29) is 11.2 Å². The minimum absolute atomic E-state index is 0.0359. The Morgan fingerprint density at radius 1 is 1.15 bits per heavy atom. The lowest BCUT2D eigenvalue weighted by atomic mass is 10.2. The second kappa shape index (κ2) is 7.36. The summed E-state index contributed by atoms with van der Waals surface area (Å²) >= 11 is 7.38. The second-order valence-corrected chi connectivity index (χ2v) is 6.27. The van der Waals surface area contributed by atoms with Gasteiger partial charge in [-0.2, -0.15) is 0 Å². The van der Waals surface area contributed by atoms with Crippen molar-refractivity contribution in [3.8, 4) is 0 Å². The number of rotatable bonds is 5. The smallest absolute Gasteiger partial charge is 0.233 e. The van der Waals surface area contributed by atoms with Crippen molar-refractivity contribution in [1.82, 2.24) is 5.32 Å². The molecule has 0 aromatic heterocycles. The van der Waals surface area contributed by atoms with Gasteiger partial charge in [-0.15, -0.1) is 11.8 Å². The summed E-state index contributed by atoms with van der Waals surface area (Å²) in [5.41, 5.74) is 1.04. The third-order valence-corrected chi connectivity index (χ3v) is 4.17. The van der Waals surface area contributed by atoms with E-state index in [1.807, 2.05) is 61.5 Å². The first-order valence-corrected chi connectivity index (χ1v) is 7.65. The van der Waals surface area contributed by atoms with Crippen LogP contribution in [0.2, 0.25) is 5.02 Å². The summed E-state index contributed by atoms with van der Waals surface area (Å²) < 4.78 is 0. The van der Waals surface area contributed by atoms with Crippen molar-refractivity contribution in [2.45, 2.75) is 23.6 Å². The highest BCUT2D eigenvalue weighted by atomic mass is 35.5. The van der Waals surface area contributed by atoms with E-state index in [0.717, 1.165) is 10.5 Å².